The summed E-state index contributed by atoms with van der Waals surface area (Å²) in [6, 6.07) is 3.51. The number of rotatable bonds is 5. The molecule has 0 aliphatic heterocycles. The van der Waals surface area contributed by atoms with Gasteiger partial charge < -0.3 is 15.2 Å². The smallest absolute Gasteiger partial charge is 0.147 e. The van der Waals surface area contributed by atoms with Gasteiger partial charge in [0.15, 0.2) is 0 Å². The number of aryl methyl sites for hydroxylation is 1. The third-order valence-electron chi connectivity index (χ3n) is 2.39. The summed E-state index contributed by atoms with van der Waals surface area (Å²) in [5.74, 6) is 1.93. The Morgan fingerprint density at radius 3 is 2.42 bits per heavy atom. The Morgan fingerprint density at radius 2 is 1.84 bits per heavy atom. The molecule has 2 aromatic rings. The summed E-state index contributed by atoms with van der Waals surface area (Å²) in [5.41, 5.74) is 0.787. The van der Waals surface area contributed by atoms with Gasteiger partial charge >= 0.3 is 0 Å². The Balaban J connectivity index is 2.13. The van der Waals surface area contributed by atoms with Crippen molar-refractivity contribution in [2.45, 2.75) is 20.4 Å². The molecule has 19 heavy (non-hydrogen) atoms. The average Bonchev–Trinajstić information content (AvgIpc) is 2.77. The first-order valence-electron chi connectivity index (χ1n) is 5.86. The van der Waals surface area contributed by atoms with E-state index in [4.69, 9.17) is 27.7 Å². The lowest BCUT2D eigenvalue weighted by atomic mass is 10.3. The Bertz CT molecular complexity index is 571. The fraction of sp³-hybridized carbons (Fsp3) is 0.333. The van der Waals surface area contributed by atoms with Crippen molar-refractivity contribution in [2.75, 3.05) is 17.2 Å². The molecule has 0 aromatic carbocycles. The maximum absolute atomic E-state index is 6.09. The molecule has 102 valence electrons. The van der Waals surface area contributed by atoms with Gasteiger partial charge in [0, 0.05) is 12.6 Å². The van der Waals surface area contributed by atoms with Crippen LogP contribution in [0.25, 0.3) is 0 Å². The quantitative estimate of drug-likeness (QED) is 0.881. The molecule has 0 fully saturated rings. The van der Waals surface area contributed by atoms with E-state index in [0.717, 1.165) is 18.0 Å². The molecule has 0 unspecified atom stereocenters. The van der Waals surface area contributed by atoms with E-state index < -0.39 is 0 Å². The van der Waals surface area contributed by atoms with E-state index >= 15 is 0 Å². The number of nitrogens with zero attached hydrogens (tertiary/aromatic N) is 2. The molecule has 5 nitrogen and oxygen atoms in total. The van der Waals surface area contributed by atoms with Crippen LogP contribution >= 0.6 is 23.2 Å². The van der Waals surface area contributed by atoms with Gasteiger partial charge in [0.1, 0.15) is 23.1 Å². The van der Waals surface area contributed by atoms with Gasteiger partial charge in [-0.25, -0.2) is 4.98 Å². The summed E-state index contributed by atoms with van der Waals surface area (Å²) in [5, 5.41) is 11.0. The molecule has 2 N–H and O–H groups in total. The van der Waals surface area contributed by atoms with E-state index in [2.05, 4.69) is 20.8 Å². The van der Waals surface area contributed by atoms with E-state index in [9.17, 15) is 0 Å². The van der Waals surface area contributed by atoms with Crippen LogP contribution in [0.1, 0.15) is 18.4 Å². The van der Waals surface area contributed by atoms with Crippen LogP contribution in [0.4, 0.5) is 11.6 Å². The Hall–Kier alpha value is -1.46. The molecular weight excluding hydrogens is 287 g/mol. The number of halogens is 2. The highest BCUT2D eigenvalue weighted by Gasteiger charge is 2.09. The van der Waals surface area contributed by atoms with Gasteiger partial charge in [-0.1, -0.05) is 28.4 Å². The predicted octanol–water partition coefficient (Wildman–Crippen LogP) is 3.73. The molecule has 0 aliphatic carbocycles. The zero-order valence-electron chi connectivity index (χ0n) is 10.6. The summed E-state index contributed by atoms with van der Waals surface area (Å²) < 4.78 is 4.99. The first-order valence-corrected chi connectivity index (χ1v) is 6.61. The Kier molecular flexibility index (Phi) is 4.50. The average molecular weight is 301 g/mol. The fourth-order valence-corrected chi connectivity index (χ4v) is 2.05. The topological polar surface area (TPSA) is 63.0 Å². The lowest BCUT2D eigenvalue weighted by Crippen LogP contribution is -2.06. The van der Waals surface area contributed by atoms with Crippen molar-refractivity contribution in [3.8, 4) is 0 Å². The molecule has 0 atom stereocenters. The summed E-state index contributed by atoms with van der Waals surface area (Å²) in [6.45, 7) is 5.03. The molecule has 0 saturated carbocycles. The summed E-state index contributed by atoms with van der Waals surface area (Å²) >= 11 is 12.1. The summed E-state index contributed by atoms with van der Waals surface area (Å²) in [6.07, 6.45) is 0. The molecule has 7 heteroatoms. The molecule has 0 spiro atoms. The second-order valence-corrected chi connectivity index (χ2v) is 4.78. The van der Waals surface area contributed by atoms with Crippen molar-refractivity contribution in [2.24, 2.45) is 0 Å². The molecule has 0 radical (unpaired) electrons. The van der Waals surface area contributed by atoms with Crippen LogP contribution in [0.3, 0.4) is 0 Å². The second-order valence-electron chi connectivity index (χ2n) is 3.96. The minimum Gasteiger partial charge on any atom is -0.369 e. The van der Waals surface area contributed by atoms with Crippen LogP contribution in [0.2, 0.25) is 10.0 Å². The van der Waals surface area contributed by atoms with E-state index in [-0.39, 0.29) is 0 Å². The normalized spacial score (nSPS) is 10.5. The van der Waals surface area contributed by atoms with Crippen LogP contribution < -0.4 is 10.6 Å². The van der Waals surface area contributed by atoms with E-state index in [1.54, 1.807) is 6.07 Å². The van der Waals surface area contributed by atoms with Crippen molar-refractivity contribution in [3.63, 3.8) is 0 Å². The third-order valence-corrected chi connectivity index (χ3v) is 2.96. The second kappa shape index (κ2) is 6.12. The number of hydrogen-bond acceptors (Lipinski definition) is 5. The van der Waals surface area contributed by atoms with Gasteiger partial charge in [0.2, 0.25) is 0 Å². The van der Waals surface area contributed by atoms with Crippen molar-refractivity contribution in [3.05, 3.63) is 33.6 Å². The van der Waals surface area contributed by atoms with Gasteiger partial charge in [-0.2, -0.15) is 0 Å². The van der Waals surface area contributed by atoms with E-state index in [1.807, 2.05) is 19.9 Å². The summed E-state index contributed by atoms with van der Waals surface area (Å²) in [7, 11) is 0. The molecule has 2 rings (SSSR count). The first-order chi connectivity index (χ1) is 9.10. The minimum absolute atomic E-state index is 0.465. The number of hydrogen-bond donors (Lipinski definition) is 2. The standard InChI is InChI=1S/C12H14Cl2N4O/c1-3-15-11-9(13)5-10(14)12(17-11)16-6-8-4-7(2)19-18-8/h4-5H,3,6H2,1-2H3,(H2,15,16,17). The number of aromatic nitrogens is 2. The molecule has 0 saturated heterocycles. The molecule has 0 aliphatic rings. The lowest BCUT2D eigenvalue weighted by Gasteiger charge is -2.10. The lowest BCUT2D eigenvalue weighted by molar-refractivity contribution is 0.391. The van der Waals surface area contributed by atoms with Crippen molar-refractivity contribution in [1.82, 2.24) is 10.1 Å². The predicted molar refractivity (Wildman–Crippen MR) is 77.0 cm³/mol. The van der Waals surface area contributed by atoms with E-state index in [1.165, 1.54) is 0 Å². The highest BCUT2D eigenvalue weighted by atomic mass is 35.5. The largest absolute Gasteiger partial charge is 0.369 e. The highest BCUT2D eigenvalue weighted by Crippen LogP contribution is 2.29. The van der Waals surface area contributed by atoms with E-state index in [0.29, 0.717) is 28.2 Å². The van der Waals surface area contributed by atoms with Crippen LogP contribution in [-0.2, 0) is 6.54 Å². The van der Waals surface area contributed by atoms with Gasteiger partial charge in [-0.05, 0) is 19.9 Å². The van der Waals surface area contributed by atoms with Crippen LogP contribution in [0.5, 0.6) is 0 Å². The van der Waals surface area contributed by atoms with Crippen LogP contribution in [0, 0.1) is 6.92 Å². The molecule has 2 heterocycles. The number of nitrogens with one attached hydrogen (secondary N) is 2. The van der Waals surface area contributed by atoms with Gasteiger partial charge in [0.25, 0.3) is 0 Å². The highest BCUT2D eigenvalue weighted by molar-refractivity contribution is 6.37. The van der Waals surface area contributed by atoms with Crippen molar-refractivity contribution >= 4 is 34.8 Å². The van der Waals surface area contributed by atoms with Gasteiger partial charge in [-0.3, -0.25) is 0 Å². The zero-order valence-corrected chi connectivity index (χ0v) is 12.1. The monoisotopic (exact) mass is 300 g/mol. The maximum atomic E-state index is 6.09. The number of pyridine rings is 1. The zero-order chi connectivity index (χ0) is 13.8. The third kappa shape index (κ3) is 3.52. The summed E-state index contributed by atoms with van der Waals surface area (Å²) in [4.78, 5) is 4.34. The maximum Gasteiger partial charge on any atom is 0.147 e. The van der Waals surface area contributed by atoms with Gasteiger partial charge in [-0.15, -0.1) is 0 Å². The first kappa shape index (κ1) is 14.0. The van der Waals surface area contributed by atoms with Crippen molar-refractivity contribution < 1.29 is 4.52 Å². The molecular formula is C12H14Cl2N4O. The van der Waals surface area contributed by atoms with Crippen molar-refractivity contribution in [1.29, 1.82) is 0 Å². The molecule has 2 aromatic heterocycles. The van der Waals surface area contributed by atoms with Crippen LogP contribution in [0.15, 0.2) is 16.7 Å². The van der Waals surface area contributed by atoms with Gasteiger partial charge in [0.05, 0.1) is 16.6 Å². The Morgan fingerprint density at radius 1 is 1.16 bits per heavy atom. The molecule has 0 amide bonds. The SMILES string of the molecule is CCNc1nc(NCc2cc(C)on2)c(Cl)cc1Cl. The number of anilines is 2. The molecule has 0 bridgehead atoms. The fourth-order valence-electron chi connectivity index (χ4n) is 1.56. The Labute approximate surface area is 121 Å². The minimum atomic E-state index is 0.465. The van der Waals surface area contributed by atoms with Crippen LogP contribution in [-0.4, -0.2) is 16.7 Å².